The van der Waals surface area contributed by atoms with E-state index in [0.29, 0.717) is 32.7 Å². The smallest absolute Gasteiger partial charge is 0.259 e. The Morgan fingerprint density at radius 3 is 2.68 bits per heavy atom. The lowest BCUT2D eigenvalue weighted by Gasteiger charge is -2.33. The highest BCUT2D eigenvalue weighted by molar-refractivity contribution is 5.93. The SMILES string of the molecule is Cc1cc(=O)c(C(=O)N2CCN(CC#N)CC2)c[nH]1. The number of H-pyrrole nitrogens is 1. The largest absolute Gasteiger partial charge is 0.364 e. The van der Waals surface area contributed by atoms with Gasteiger partial charge in [0.15, 0.2) is 5.43 Å². The van der Waals surface area contributed by atoms with Crippen LogP contribution in [0.3, 0.4) is 0 Å². The molecule has 0 aliphatic carbocycles. The average molecular weight is 260 g/mol. The summed E-state index contributed by atoms with van der Waals surface area (Å²) in [6.07, 6.45) is 1.47. The second-order valence-electron chi connectivity index (χ2n) is 4.62. The molecule has 0 aromatic carbocycles. The highest BCUT2D eigenvalue weighted by Gasteiger charge is 2.23. The van der Waals surface area contributed by atoms with Crippen molar-refractivity contribution >= 4 is 5.91 Å². The molecule has 19 heavy (non-hydrogen) atoms. The topological polar surface area (TPSA) is 80.2 Å². The van der Waals surface area contributed by atoms with Crippen LogP contribution in [0.1, 0.15) is 16.1 Å². The summed E-state index contributed by atoms with van der Waals surface area (Å²) in [5.41, 5.74) is 0.667. The molecule has 1 N–H and O–H groups in total. The van der Waals surface area contributed by atoms with Crippen molar-refractivity contribution in [3.05, 3.63) is 33.7 Å². The van der Waals surface area contributed by atoms with Crippen LogP contribution in [0.25, 0.3) is 0 Å². The maximum Gasteiger partial charge on any atom is 0.259 e. The van der Waals surface area contributed by atoms with Crippen LogP contribution in [0, 0.1) is 18.3 Å². The number of carbonyl (C=O) groups excluding carboxylic acids is 1. The van der Waals surface area contributed by atoms with Gasteiger partial charge in [-0.25, -0.2) is 0 Å². The fraction of sp³-hybridized carbons (Fsp3) is 0.462. The first-order chi connectivity index (χ1) is 9.11. The first kappa shape index (κ1) is 13.3. The average Bonchev–Trinajstić information content (AvgIpc) is 2.39. The molecular weight excluding hydrogens is 244 g/mol. The molecule has 6 nitrogen and oxygen atoms in total. The zero-order valence-corrected chi connectivity index (χ0v) is 10.8. The van der Waals surface area contributed by atoms with E-state index < -0.39 is 0 Å². The van der Waals surface area contributed by atoms with Crippen LogP contribution >= 0.6 is 0 Å². The van der Waals surface area contributed by atoms with E-state index in [1.807, 2.05) is 4.90 Å². The third kappa shape index (κ3) is 3.01. The Labute approximate surface area is 111 Å². The Morgan fingerprint density at radius 1 is 1.42 bits per heavy atom. The molecule has 1 aromatic heterocycles. The molecule has 0 atom stereocenters. The number of nitrogens with one attached hydrogen (secondary N) is 1. The van der Waals surface area contributed by atoms with Gasteiger partial charge in [-0.05, 0) is 6.92 Å². The van der Waals surface area contributed by atoms with Gasteiger partial charge in [0.2, 0.25) is 0 Å². The highest BCUT2D eigenvalue weighted by atomic mass is 16.2. The number of nitriles is 1. The van der Waals surface area contributed by atoms with Crippen molar-refractivity contribution in [1.29, 1.82) is 5.26 Å². The molecule has 1 aliphatic rings. The Hall–Kier alpha value is -2.13. The maximum atomic E-state index is 12.2. The van der Waals surface area contributed by atoms with Crippen LogP contribution in [0.15, 0.2) is 17.1 Å². The van der Waals surface area contributed by atoms with Crippen molar-refractivity contribution in [3.63, 3.8) is 0 Å². The van der Waals surface area contributed by atoms with Gasteiger partial charge in [-0.3, -0.25) is 14.5 Å². The molecule has 100 valence electrons. The van der Waals surface area contributed by atoms with Crippen molar-refractivity contribution in [3.8, 4) is 6.07 Å². The van der Waals surface area contributed by atoms with E-state index in [1.54, 1.807) is 11.8 Å². The molecule has 0 radical (unpaired) electrons. The Balaban J connectivity index is 2.06. The summed E-state index contributed by atoms with van der Waals surface area (Å²) >= 11 is 0. The number of amides is 1. The number of piperazine rings is 1. The van der Waals surface area contributed by atoms with Crippen LogP contribution < -0.4 is 5.43 Å². The van der Waals surface area contributed by atoms with Gasteiger partial charge in [-0.2, -0.15) is 5.26 Å². The van der Waals surface area contributed by atoms with Crippen molar-refractivity contribution in [2.75, 3.05) is 32.7 Å². The monoisotopic (exact) mass is 260 g/mol. The van der Waals surface area contributed by atoms with Gasteiger partial charge in [-0.15, -0.1) is 0 Å². The van der Waals surface area contributed by atoms with E-state index in [0.717, 1.165) is 5.69 Å². The molecule has 6 heteroatoms. The molecule has 1 fully saturated rings. The van der Waals surface area contributed by atoms with Gasteiger partial charge in [0.25, 0.3) is 5.91 Å². The fourth-order valence-electron chi connectivity index (χ4n) is 2.12. The summed E-state index contributed by atoms with van der Waals surface area (Å²) < 4.78 is 0. The Kier molecular flexibility index (Phi) is 3.97. The zero-order chi connectivity index (χ0) is 13.8. The van der Waals surface area contributed by atoms with Crippen LogP contribution in [0.5, 0.6) is 0 Å². The first-order valence-corrected chi connectivity index (χ1v) is 6.19. The molecule has 0 saturated carbocycles. The normalized spacial score (nSPS) is 16.1. The zero-order valence-electron chi connectivity index (χ0n) is 10.8. The van der Waals surface area contributed by atoms with E-state index in [-0.39, 0.29) is 16.9 Å². The highest BCUT2D eigenvalue weighted by Crippen LogP contribution is 2.05. The third-order valence-corrected chi connectivity index (χ3v) is 3.24. The number of aromatic amines is 1. The van der Waals surface area contributed by atoms with Gasteiger partial charge in [0, 0.05) is 44.1 Å². The molecule has 1 amide bonds. The van der Waals surface area contributed by atoms with Crippen molar-refractivity contribution in [1.82, 2.24) is 14.8 Å². The predicted octanol–water partition coefficient (Wildman–Crippen LogP) is -0.0353. The molecule has 1 aliphatic heterocycles. The predicted molar refractivity (Wildman–Crippen MR) is 69.8 cm³/mol. The molecular formula is C13H16N4O2. The van der Waals surface area contributed by atoms with Gasteiger partial charge in [0.05, 0.1) is 12.6 Å². The number of hydrogen-bond donors (Lipinski definition) is 1. The van der Waals surface area contributed by atoms with Gasteiger partial charge in [0.1, 0.15) is 5.56 Å². The third-order valence-electron chi connectivity index (χ3n) is 3.24. The van der Waals surface area contributed by atoms with Gasteiger partial charge in [-0.1, -0.05) is 0 Å². The lowest BCUT2D eigenvalue weighted by atomic mass is 10.2. The summed E-state index contributed by atoms with van der Waals surface area (Å²) in [6.45, 7) is 4.59. The van der Waals surface area contributed by atoms with Crippen molar-refractivity contribution < 1.29 is 4.79 Å². The summed E-state index contributed by atoms with van der Waals surface area (Å²) in [7, 11) is 0. The van der Waals surface area contributed by atoms with Crippen molar-refractivity contribution in [2.45, 2.75) is 6.92 Å². The second kappa shape index (κ2) is 5.67. The van der Waals surface area contributed by atoms with E-state index in [2.05, 4.69) is 11.1 Å². The van der Waals surface area contributed by atoms with E-state index >= 15 is 0 Å². The summed E-state index contributed by atoms with van der Waals surface area (Å²) in [4.78, 5) is 30.5. The minimum absolute atomic E-state index is 0.180. The van der Waals surface area contributed by atoms with Crippen LogP contribution in [-0.2, 0) is 0 Å². The molecule has 0 unspecified atom stereocenters. The Bertz CT molecular complexity index is 565. The molecule has 2 rings (SSSR count). The van der Waals surface area contributed by atoms with Crippen LogP contribution in [0.2, 0.25) is 0 Å². The summed E-state index contributed by atoms with van der Waals surface area (Å²) in [6, 6.07) is 3.53. The summed E-state index contributed by atoms with van der Waals surface area (Å²) in [5.74, 6) is -0.238. The standard InChI is InChI=1S/C13H16N4O2/c1-10-8-12(18)11(9-15-10)13(19)17-6-4-16(3-2-14)5-7-17/h8-9H,3-7H2,1H3,(H,15,18). The molecule has 2 heterocycles. The molecule has 1 aromatic rings. The summed E-state index contributed by atoms with van der Waals surface area (Å²) in [5, 5.41) is 8.62. The number of rotatable bonds is 2. The van der Waals surface area contributed by atoms with Gasteiger partial charge < -0.3 is 9.88 Å². The van der Waals surface area contributed by atoms with E-state index in [9.17, 15) is 9.59 Å². The van der Waals surface area contributed by atoms with Crippen LogP contribution in [-0.4, -0.2) is 53.4 Å². The number of nitrogens with zero attached hydrogens (tertiary/aromatic N) is 3. The fourth-order valence-corrected chi connectivity index (χ4v) is 2.12. The maximum absolute atomic E-state index is 12.2. The number of pyridine rings is 1. The van der Waals surface area contributed by atoms with Crippen molar-refractivity contribution in [2.24, 2.45) is 0 Å². The number of hydrogen-bond acceptors (Lipinski definition) is 4. The quantitative estimate of drug-likeness (QED) is 0.757. The van der Waals surface area contributed by atoms with Gasteiger partial charge >= 0.3 is 0 Å². The number of aryl methyl sites for hydroxylation is 1. The first-order valence-electron chi connectivity index (χ1n) is 6.19. The van der Waals surface area contributed by atoms with E-state index in [1.165, 1.54) is 12.3 Å². The molecule has 0 bridgehead atoms. The second-order valence-corrected chi connectivity index (χ2v) is 4.62. The lowest BCUT2D eigenvalue weighted by Crippen LogP contribution is -2.49. The number of carbonyl (C=O) groups is 1. The number of aromatic nitrogens is 1. The molecule has 0 spiro atoms. The minimum Gasteiger partial charge on any atom is -0.364 e. The van der Waals surface area contributed by atoms with Crippen LogP contribution in [0.4, 0.5) is 0 Å². The minimum atomic E-state index is -0.249. The lowest BCUT2D eigenvalue weighted by molar-refractivity contribution is 0.0650. The molecule has 1 saturated heterocycles. The van der Waals surface area contributed by atoms with E-state index in [4.69, 9.17) is 5.26 Å². The Morgan fingerprint density at radius 2 is 2.11 bits per heavy atom.